The monoisotopic (exact) mass is 382 g/mol. The molecule has 1 N–H and O–H groups in total. The van der Waals surface area contributed by atoms with Crippen LogP contribution in [0.25, 0.3) is 11.3 Å². The molecule has 1 aromatic heterocycles. The first-order valence-corrected chi connectivity index (χ1v) is 9.58. The van der Waals surface area contributed by atoms with Gasteiger partial charge in [-0.15, -0.1) is 11.3 Å². The number of thiazole rings is 1. The zero-order valence-corrected chi connectivity index (χ0v) is 16.4. The van der Waals surface area contributed by atoms with Crippen LogP contribution >= 0.6 is 11.3 Å². The summed E-state index contributed by atoms with van der Waals surface area (Å²) in [5.74, 6) is 1.25. The molecule has 1 amide bonds. The Balaban J connectivity index is 1.80. The second-order valence-corrected chi connectivity index (χ2v) is 6.83. The molecule has 0 bridgehead atoms. The van der Waals surface area contributed by atoms with Gasteiger partial charge in [-0.1, -0.05) is 25.1 Å². The third-order valence-corrected chi connectivity index (χ3v) is 5.21. The molecule has 0 fully saturated rings. The van der Waals surface area contributed by atoms with Crippen molar-refractivity contribution in [3.63, 3.8) is 0 Å². The van der Waals surface area contributed by atoms with Crippen LogP contribution in [0.2, 0.25) is 0 Å². The van der Waals surface area contributed by atoms with Crippen molar-refractivity contribution < 1.29 is 14.3 Å². The van der Waals surface area contributed by atoms with Crippen LogP contribution in [0.3, 0.4) is 0 Å². The summed E-state index contributed by atoms with van der Waals surface area (Å²) in [5.41, 5.74) is 2.44. The van der Waals surface area contributed by atoms with E-state index in [2.05, 4.69) is 5.32 Å². The molecule has 0 radical (unpaired) electrons. The standard InChI is InChI=1S/C21H22N2O3S/c1-4-16(22-20(24)14-8-6-5-7-9-14)21-23-17(13-27-21)15-10-11-18(25-2)19(12-15)26-3/h5-13,16H,4H2,1-3H3,(H,22,24)/t16-/m1/s1. The summed E-state index contributed by atoms with van der Waals surface area (Å²) in [7, 11) is 3.22. The number of aromatic nitrogens is 1. The number of methoxy groups -OCH3 is 2. The van der Waals surface area contributed by atoms with Crippen LogP contribution in [0, 0.1) is 0 Å². The van der Waals surface area contributed by atoms with Gasteiger partial charge in [0, 0.05) is 16.5 Å². The summed E-state index contributed by atoms with van der Waals surface area (Å²) in [6.07, 6.45) is 0.761. The van der Waals surface area contributed by atoms with Crippen LogP contribution in [0.15, 0.2) is 53.9 Å². The number of benzene rings is 2. The maximum atomic E-state index is 12.5. The highest BCUT2D eigenvalue weighted by molar-refractivity contribution is 7.10. The van der Waals surface area contributed by atoms with Gasteiger partial charge >= 0.3 is 0 Å². The van der Waals surface area contributed by atoms with Gasteiger partial charge in [0.2, 0.25) is 0 Å². The molecular formula is C21H22N2O3S. The van der Waals surface area contributed by atoms with E-state index in [9.17, 15) is 4.79 Å². The SMILES string of the molecule is CC[C@@H](NC(=O)c1ccccc1)c1nc(-c2ccc(OC)c(OC)c2)cs1. The third-order valence-electron chi connectivity index (χ3n) is 4.25. The molecule has 0 aliphatic carbocycles. The Hall–Kier alpha value is -2.86. The van der Waals surface area contributed by atoms with Crippen molar-refractivity contribution in [3.05, 3.63) is 64.5 Å². The van der Waals surface area contributed by atoms with Crippen molar-refractivity contribution in [1.29, 1.82) is 0 Å². The van der Waals surface area contributed by atoms with Gasteiger partial charge in [0.1, 0.15) is 5.01 Å². The van der Waals surface area contributed by atoms with Crippen molar-refractivity contribution in [2.45, 2.75) is 19.4 Å². The average Bonchev–Trinajstić information content (AvgIpc) is 3.21. The Labute approximate surface area is 163 Å². The van der Waals surface area contributed by atoms with Gasteiger partial charge in [0.15, 0.2) is 11.5 Å². The topological polar surface area (TPSA) is 60.5 Å². The molecule has 3 rings (SSSR count). The Morgan fingerprint density at radius 2 is 1.85 bits per heavy atom. The molecule has 140 valence electrons. The maximum absolute atomic E-state index is 12.5. The molecule has 0 spiro atoms. The smallest absolute Gasteiger partial charge is 0.251 e. The van der Waals surface area contributed by atoms with E-state index in [0.29, 0.717) is 17.1 Å². The first kappa shape index (κ1) is 18.9. The van der Waals surface area contributed by atoms with E-state index in [1.165, 1.54) is 11.3 Å². The molecule has 1 heterocycles. The van der Waals surface area contributed by atoms with Gasteiger partial charge in [-0.3, -0.25) is 4.79 Å². The van der Waals surface area contributed by atoms with Crippen LogP contribution in [0.1, 0.15) is 34.8 Å². The number of ether oxygens (including phenoxy) is 2. The normalized spacial score (nSPS) is 11.7. The van der Waals surface area contributed by atoms with E-state index >= 15 is 0 Å². The van der Waals surface area contributed by atoms with E-state index in [1.54, 1.807) is 26.4 Å². The number of carbonyl (C=O) groups is 1. The largest absolute Gasteiger partial charge is 0.493 e. The molecule has 0 aliphatic rings. The molecule has 0 unspecified atom stereocenters. The Bertz CT molecular complexity index is 909. The quantitative estimate of drug-likeness (QED) is 0.643. The number of rotatable bonds is 7. The highest BCUT2D eigenvalue weighted by atomic mass is 32.1. The first-order chi connectivity index (χ1) is 13.2. The number of hydrogen-bond acceptors (Lipinski definition) is 5. The molecule has 0 saturated heterocycles. The average molecular weight is 382 g/mol. The number of amides is 1. The lowest BCUT2D eigenvalue weighted by atomic mass is 10.1. The first-order valence-electron chi connectivity index (χ1n) is 8.70. The van der Waals surface area contributed by atoms with Gasteiger partial charge in [-0.05, 0) is 36.8 Å². The summed E-state index contributed by atoms with van der Waals surface area (Å²) in [4.78, 5) is 17.2. The van der Waals surface area contributed by atoms with Crippen molar-refractivity contribution in [3.8, 4) is 22.8 Å². The van der Waals surface area contributed by atoms with Crippen molar-refractivity contribution in [2.75, 3.05) is 14.2 Å². The van der Waals surface area contributed by atoms with Crippen LogP contribution in [-0.4, -0.2) is 25.1 Å². The van der Waals surface area contributed by atoms with E-state index in [-0.39, 0.29) is 11.9 Å². The minimum absolute atomic E-state index is 0.0923. The summed E-state index contributed by atoms with van der Waals surface area (Å²) >= 11 is 1.54. The lowest BCUT2D eigenvalue weighted by Crippen LogP contribution is -2.28. The number of nitrogens with one attached hydrogen (secondary N) is 1. The minimum atomic E-state index is -0.128. The van der Waals surface area contributed by atoms with Crippen LogP contribution in [0.5, 0.6) is 11.5 Å². The van der Waals surface area contributed by atoms with E-state index < -0.39 is 0 Å². The number of hydrogen-bond donors (Lipinski definition) is 1. The predicted octanol–water partition coefficient (Wildman–Crippen LogP) is 4.71. The molecule has 1 atom stereocenters. The fourth-order valence-corrected chi connectivity index (χ4v) is 3.71. The van der Waals surface area contributed by atoms with Gasteiger partial charge in [-0.2, -0.15) is 0 Å². The minimum Gasteiger partial charge on any atom is -0.493 e. The van der Waals surface area contributed by atoms with Gasteiger partial charge < -0.3 is 14.8 Å². The van der Waals surface area contributed by atoms with E-state index in [1.807, 2.05) is 48.7 Å². The highest BCUT2D eigenvalue weighted by Crippen LogP contribution is 2.33. The molecule has 0 aliphatic heterocycles. The molecule has 3 aromatic rings. The van der Waals surface area contributed by atoms with Crippen LogP contribution < -0.4 is 14.8 Å². The lowest BCUT2D eigenvalue weighted by molar-refractivity contribution is 0.0935. The fourth-order valence-electron chi connectivity index (χ4n) is 2.75. The van der Waals surface area contributed by atoms with Gasteiger partial charge in [0.25, 0.3) is 5.91 Å². The molecule has 6 heteroatoms. The Morgan fingerprint density at radius 3 is 2.52 bits per heavy atom. The molecule has 2 aromatic carbocycles. The second kappa shape index (κ2) is 8.68. The van der Waals surface area contributed by atoms with Crippen molar-refractivity contribution in [1.82, 2.24) is 10.3 Å². The van der Waals surface area contributed by atoms with Crippen LogP contribution in [-0.2, 0) is 0 Å². The zero-order valence-electron chi connectivity index (χ0n) is 15.6. The predicted molar refractivity (Wildman–Crippen MR) is 108 cm³/mol. The van der Waals surface area contributed by atoms with Crippen LogP contribution in [0.4, 0.5) is 0 Å². The third kappa shape index (κ3) is 4.28. The lowest BCUT2D eigenvalue weighted by Gasteiger charge is -2.14. The van der Waals surface area contributed by atoms with Gasteiger partial charge in [0.05, 0.1) is 26.0 Å². The highest BCUT2D eigenvalue weighted by Gasteiger charge is 2.18. The van der Waals surface area contributed by atoms with E-state index in [0.717, 1.165) is 22.7 Å². The molecule has 27 heavy (non-hydrogen) atoms. The van der Waals surface area contributed by atoms with Gasteiger partial charge in [-0.25, -0.2) is 4.98 Å². The number of carbonyl (C=O) groups excluding carboxylic acids is 1. The second-order valence-electron chi connectivity index (χ2n) is 5.94. The van der Waals surface area contributed by atoms with E-state index in [4.69, 9.17) is 14.5 Å². The zero-order chi connectivity index (χ0) is 19.2. The van der Waals surface area contributed by atoms with Crippen molar-refractivity contribution >= 4 is 17.2 Å². The number of nitrogens with zero attached hydrogens (tertiary/aromatic N) is 1. The maximum Gasteiger partial charge on any atom is 0.251 e. The summed E-state index contributed by atoms with van der Waals surface area (Å²) in [6, 6.07) is 14.8. The summed E-state index contributed by atoms with van der Waals surface area (Å²) < 4.78 is 10.7. The molecule has 0 saturated carbocycles. The summed E-state index contributed by atoms with van der Waals surface area (Å²) in [6.45, 7) is 2.04. The molecular weight excluding hydrogens is 360 g/mol. The van der Waals surface area contributed by atoms with Crippen molar-refractivity contribution in [2.24, 2.45) is 0 Å². The fraction of sp³-hybridized carbons (Fsp3) is 0.238. The Morgan fingerprint density at radius 1 is 1.11 bits per heavy atom. The Kier molecular flexibility index (Phi) is 6.08. The molecule has 5 nitrogen and oxygen atoms in total. The summed E-state index contributed by atoms with van der Waals surface area (Å²) in [5, 5.41) is 5.94.